The zero-order valence-electron chi connectivity index (χ0n) is 7.30. The maximum absolute atomic E-state index is 10.4. The summed E-state index contributed by atoms with van der Waals surface area (Å²) >= 11 is 0. The topological polar surface area (TPSA) is 87.2 Å². The van der Waals surface area contributed by atoms with E-state index in [9.17, 15) is 15.2 Å². The first kappa shape index (κ1) is 9.99. The lowest BCUT2D eigenvalue weighted by atomic mass is 10.1. The van der Waals surface area contributed by atoms with Crippen molar-refractivity contribution < 1.29 is 10.0 Å². The summed E-state index contributed by atoms with van der Waals surface area (Å²) in [5, 5.41) is 28.0. The Balaban J connectivity index is 2.97. The van der Waals surface area contributed by atoms with Crippen LogP contribution in [0.2, 0.25) is 0 Å². The fourth-order valence-corrected chi connectivity index (χ4v) is 1.08. The summed E-state index contributed by atoms with van der Waals surface area (Å²) in [5.41, 5.74) is 0.358. The first-order valence-corrected chi connectivity index (χ1v) is 3.98. The van der Waals surface area contributed by atoms with Crippen LogP contribution in [0.5, 0.6) is 5.75 Å². The Labute approximate surface area is 80.4 Å². The molecule has 1 rings (SSSR count). The van der Waals surface area contributed by atoms with Crippen LogP contribution in [-0.4, -0.2) is 10.0 Å². The molecule has 5 heteroatoms. The maximum Gasteiger partial charge on any atom is 0.269 e. The number of nitro groups is 1. The van der Waals surface area contributed by atoms with Gasteiger partial charge in [0.25, 0.3) is 5.69 Å². The number of aryl methyl sites for hydroxylation is 1. The van der Waals surface area contributed by atoms with Gasteiger partial charge in [-0.1, -0.05) is 0 Å². The van der Waals surface area contributed by atoms with E-state index in [1.54, 1.807) is 0 Å². The lowest BCUT2D eigenvalue weighted by Crippen LogP contribution is -1.91. The summed E-state index contributed by atoms with van der Waals surface area (Å²) in [5.74, 6) is -0.00847. The molecule has 0 amide bonds. The lowest BCUT2D eigenvalue weighted by molar-refractivity contribution is -0.384. The molecule has 0 spiro atoms. The summed E-state index contributed by atoms with van der Waals surface area (Å²) in [4.78, 5) is 9.86. The molecular weight excluding hydrogens is 184 g/mol. The van der Waals surface area contributed by atoms with Crippen LogP contribution in [0.25, 0.3) is 0 Å². The fourth-order valence-electron chi connectivity index (χ4n) is 1.08. The van der Waals surface area contributed by atoms with Crippen molar-refractivity contribution in [2.24, 2.45) is 0 Å². The van der Waals surface area contributed by atoms with Gasteiger partial charge in [-0.3, -0.25) is 10.1 Å². The number of rotatable bonds is 3. The molecule has 0 atom stereocenters. The van der Waals surface area contributed by atoms with Crippen molar-refractivity contribution in [2.45, 2.75) is 12.8 Å². The number of non-ortho nitro benzene ring substituents is 1. The van der Waals surface area contributed by atoms with E-state index >= 15 is 0 Å². The first-order chi connectivity index (χ1) is 6.65. The second-order valence-corrected chi connectivity index (χ2v) is 2.73. The van der Waals surface area contributed by atoms with Gasteiger partial charge in [-0.15, -0.1) is 0 Å². The monoisotopic (exact) mass is 192 g/mol. The second-order valence-electron chi connectivity index (χ2n) is 2.73. The number of nitriles is 1. The molecule has 0 radical (unpaired) electrons. The van der Waals surface area contributed by atoms with Crippen LogP contribution < -0.4 is 0 Å². The molecular formula is C9H8N2O3. The van der Waals surface area contributed by atoms with Crippen molar-refractivity contribution in [3.8, 4) is 11.8 Å². The number of hydrogen-bond acceptors (Lipinski definition) is 4. The Bertz CT molecular complexity index is 396. The minimum absolute atomic E-state index is 0.00847. The third-order valence-corrected chi connectivity index (χ3v) is 1.78. The van der Waals surface area contributed by atoms with Gasteiger partial charge in [-0.25, -0.2) is 0 Å². The Hall–Kier alpha value is -2.09. The molecule has 0 bridgehead atoms. The van der Waals surface area contributed by atoms with Crippen LogP contribution in [0.1, 0.15) is 12.0 Å². The number of nitro benzene ring substituents is 1. The standard InChI is InChI=1S/C9H8N2O3/c10-5-1-2-7-6-8(11(13)14)3-4-9(7)12/h3-4,6,12H,1-2H2. The molecule has 72 valence electrons. The quantitative estimate of drug-likeness (QED) is 0.583. The Morgan fingerprint density at radius 2 is 2.29 bits per heavy atom. The van der Waals surface area contributed by atoms with Gasteiger partial charge in [0, 0.05) is 24.1 Å². The van der Waals surface area contributed by atoms with Crippen LogP contribution >= 0.6 is 0 Å². The van der Waals surface area contributed by atoms with Crippen LogP contribution in [0.15, 0.2) is 18.2 Å². The van der Waals surface area contributed by atoms with E-state index in [2.05, 4.69) is 0 Å². The number of hydrogen-bond donors (Lipinski definition) is 1. The Morgan fingerprint density at radius 1 is 1.57 bits per heavy atom. The molecule has 0 saturated carbocycles. The SMILES string of the molecule is N#CCCc1cc([N+](=O)[O-])ccc1O. The van der Waals surface area contributed by atoms with Crippen molar-refractivity contribution in [3.05, 3.63) is 33.9 Å². The predicted octanol–water partition coefficient (Wildman–Crippen LogP) is 1.76. The molecule has 0 aliphatic rings. The highest BCUT2D eigenvalue weighted by Gasteiger charge is 2.09. The summed E-state index contributed by atoms with van der Waals surface area (Å²) in [6.45, 7) is 0. The molecule has 0 aromatic heterocycles. The molecule has 1 aromatic carbocycles. The van der Waals surface area contributed by atoms with Gasteiger partial charge in [0.2, 0.25) is 0 Å². The minimum atomic E-state index is -0.532. The van der Waals surface area contributed by atoms with E-state index in [1.165, 1.54) is 18.2 Å². The largest absolute Gasteiger partial charge is 0.508 e. The highest BCUT2D eigenvalue weighted by atomic mass is 16.6. The zero-order valence-corrected chi connectivity index (χ0v) is 7.30. The highest BCUT2D eigenvalue weighted by Crippen LogP contribution is 2.23. The van der Waals surface area contributed by atoms with Crippen molar-refractivity contribution in [3.63, 3.8) is 0 Å². The molecule has 5 nitrogen and oxygen atoms in total. The number of phenols is 1. The smallest absolute Gasteiger partial charge is 0.269 e. The maximum atomic E-state index is 10.4. The molecule has 1 N–H and O–H groups in total. The Kier molecular flexibility index (Phi) is 3.02. The van der Waals surface area contributed by atoms with Crippen molar-refractivity contribution >= 4 is 5.69 Å². The number of aromatic hydroxyl groups is 1. The summed E-state index contributed by atoms with van der Waals surface area (Å²) < 4.78 is 0. The van der Waals surface area contributed by atoms with Crippen molar-refractivity contribution in [2.75, 3.05) is 0 Å². The van der Waals surface area contributed by atoms with Crippen molar-refractivity contribution in [1.29, 1.82) is 5.26 Å². The van der Waals surface area contributed by atoms with Gasteiger partial charge in [-0.2, -0.15) is 5.26 Å². The van der Waals surface area contributed by atoms with Gasteiger partial charge in [0.1, 0.15) is 5.75 Å². The third-order valence-electron chi connectivity index (χ3n) is 1.78. The van der Waals surface area contributed by atoms with E-state index in [0.29, 0.717) is 12.0 Å². The van der Waals surface area contributed by atoms with Crippen molar-refractivity contribution in [1.82, 2.24) is 0 Å². The third kappa shape index (κ3) is 2.20. The molecule has 1 aromatic rings. The molecule has 0 heterocycles. The number of benzene rings is 1. The fraction of sp³-hybridized carbons (Fsp3) is 0.222. The predicted molar refractivity (Wildman–Crippen MR) is 48.7 cm³/mol. The van der Waals surface area contributed by atoms with Gasteiger partial charge < -0.3 is 5.11 Å². The molecule has 0 aliphatic carbocycles. The van der Waals surface area contributed by atoms with Gasteiger partial charge >= 0.3 is 0 Å². The van der Waals surface area contributed by atoms with E-state index in [4.69, 9.17) is 5.26 Å². The van der Waals surface area contributed by atoms with Gasteiger partial charge in [0.15, 0.2) is 0 Å². The van der Waals surface area contributed by atoms with Crippen LogP contribution in [-0.2, 0) is 6.42 Å². The lowest BCUT2D eigenvalue weighted by Gasteiger charge is -2.00. The second kappa shape index (κ2) is 4.23. The van der Waals surface area contributed by atoms with E-state index in [0.717, 1.165) is 0 Å². The number of phenolic OH excluding ortho intramolecular Hbond substituents is 1. The van der Waals surface area contributed by atoms with Gasteiger partial charge in [-0.05, 0) is 12.5 Å². The average molecular weight is 192 g/mol. The first-order valence-electron chi connectivity index (χ1n) is 3.98. The molecule has 14 heavy (non-hydrogen) atoms. The highest BCUT2D eigenvalue weighted by molar-refractivity contribution is 5.43. The van der Waals surface area contributed by atoms with E-state index < -0.39 is 4.92 Å². The molecule has 0 aliphatic heterocycles. The molecule has 0 unspecified atom stereocenters. The summed E-state index contributed by atoms with van der Waals surface area (Å²) in [6, 6.07) is 5.69. The average Bonchev–Trinajstić information content (AvgIpc) is 2.16. The van der Waals surface area contributed by atoms with Crippen LogP contribution in [0.4, 0.5) is 5.69 Å². The van der Waals surface area contributed by atoms with E-state index in [-0.39, 0.29) is 17.9 Å². The zero-order chi connectivity index (χ0) is 10.6. The summed E-state index contributed by atoms with van der Waals surface area (Å²) in [7, 11) is 0. The number of nitrogens with zero attached hydrogens (tertiary/aromatic N) is 2. The van der Waals surface area contributed by atoms with E-state index in [1.807, 2.05) is 6.07 Å². The molecule has 0 fully saturated rings. The van der Waals surface area contributed by atoms with Gasteiger partial charge in [0.05, 0.1) is 11.0 Å². The van der Waals surface area contributed by atoms with Crippen LogP contribution in [0, 0.1) is 21.4 Å². The Morgan fingerprint density at radius 3 is 2.86 bits per heavy atom. The minimum Gasteiger partial charge on any atom is -0.508 e. The molecule has 0 saturated heterocycles. The van der Waals surface area contributed by atoms with Crippen LogP contribution in [0.3, 0.4) is 0 Å². The summed E-state index contributed by atoms with van der Waals surface area (Å²) in [6.07, 6.45) is 0.554. The normalized spacial score (nSPS) is 9.36.